The van der Waals surface area contributed by atoms with E-state index in [0.717, 1.165) is 33.4 Å². The molecule has 0 unspecified atom stereocenters. The van der Waals surface area contributed by atoms with Crippen molar-refractivity contribution >= 4 is 12.1 Å². The van der Waals surface area contributed by atoms with E-state index in [2.05, 4.69) is 17.4 Å². The number of aliphatic carboxylic acids is 1. The highest BCUT2D eigenvalue weighted by Gasteiger charge is 2.45. The second-order valence-corrected chi connectivity index (χ2v) is 7.75. The van der Waals surface area contributed by atoms with E-state index in [9.17, 15) is 14.7 Å². The molecule has 28 heavy (non-hydrogen) atoms. The van der Waals surface area contributed by atoms with Gasteiger partial charge in [-0.05, 0) is 36.1 Å². The van der Waals surface area contributed by atoms with E-state index in [-0.39, 0.29) is 12.5 Å². The molecule has 5 heteroatoms. The van der Waals surface area contributed by atoms with Crippen LogP contribution in [0.2, 0.25) is 0 Å². The summed E-state index contributed by atoms with van der Waals surface area (Å²) in [4.78, 5) is 24.3. The molecule has 144 valence electrons. The van der Waals surface area contributed by atoms with Gasteiger partial charge in [0.15, 0.2) is 0 Å². The van der Waals surface area contributed by atoms with Crippen LogP contribution >= 0.6 is 0 Å². The number of fused-ring (bicyclic) bond motifs is 3. The SMILES string of the molecule is CC1=C(C)CC(NC(=O)OCC2c3ccccc3-c3ccccc32)(C(=O)O)C1. The summed E-state index contributed by atoms with van der Waals surface area (Å²) < 4.78 is 5.52. The van der Waals surface area contributed by atoms with Crippen molar-refractivity contribution in [2.45, 2.75) is 38.1 Å². The molecular formula is C23H23NO4. The maximum absolute atomic E-state index is 12.5. The third-order valence-corrected chi connectivity index (χ3v) is 5.96. The smallest absolute Gasteiger partial charge is 0.408 e. The average molecular weight is 377 g/mol. The Hall–Kier alpha value is -3.08. The van der Waals surface area contributed by atoms with Gasteiger partial charge >= 0.3 is 12.1 Å². The van der Waals surface area contributed by atoms with Gasteiger partial charge in [-0.1, -0.05) is 59.7 Å². The van der Waals surface area contributed by atoms with Crippen molar-refractivity contribution in [3.63, 3.8) is 0 Å². The minimum absolute atomic E-state index is 0.0518. The molecule has 0 radical (unpaired) electrons. The van der Waals surface area contributed by atoms with Gasteiger partial charge in [0.1, 0.15) is 12.1 Å². The van der Waals surface area contributed by atoms with Gasteiger partial charge in [0.05, 0.1) is 0 Å². The number of rotatable bonds is 4. The first-order valence-corrected chi connectivity index (χ1v) is 9.43. The molecule has 5 nitrogen and oxygen atoms in total. The highest BCUT2D eigenvalue weighted by Crippen LogP contribution is 2.44. The summed E-state index contributed by atoms with van der Waals surface area (Å²) in [5, 5.41) is 12.3. The first kappa shape index (κ1) is 18.3. The van der Waals surface area contributed by atoms with Gasteiger partial charge in [-0.3, -0.25) is 0 Å². The number of carboxylic acid groups (broad SMARTS) is 1. The fourth-order valence-corrected chi connectivity index (χ4v) is 4.39. The number of amides is 1. The van der Waals surface area contributed by atoms with Crippen LogP contribution in [0.4, 0.5) is 4.79 Å². The zero-order chi connectivity index (χ0) is 19.9. The summed E-state index contributed by atoms with van der Waals surface area (Å²) in [6, 6.07) is 16.2. The van der Waals surface area contributed by atoms with Crippen LogP contribution in [-0.2, 0) is 9.53 Å². The summed E-state index contributed by atoms with van der Waals surface area (Å²) in [5.74, 6) is -1.08. The number of carbonyl (C=O) groups is 2. The standard InChI is InChI=1S/C23H23NO4/c1-14-11-23(21(25)26,12-15(14)2)24-22(27)28-13-20-18-9-5-3-7-16(18)17-8-4-6-10-19(17)20/h3-10,20H,11-13H2,1-2H3,(H,24,27)(H,25,26). The van der Waals surface area contributed by atoms with Gasteiger partial charge in [-0.25, -0.2) is 9.59 Å². The Labute approximate surface area is 164 Å². The fraction of sp³-hybridized carbons (Fsp3) is 0.304. The van der Waals surface area contributed by atoms with E-state index in [4.69, 9.17) is 4.74 Å². The summed E-state index contributed by atoms with van der Waals surface area (Å²) in [5.41, 5.74) is 5.25. The molecule has 2 N–H and O–H groups in total. The Balaban J connectivity index is 1.49. The van der Waals surface area contributed by atoms with Crippen LogP contribution in [0.25, 0.3) is 11.1 Å². The summed E-state index contributed by atoms with van der Waals surface area (Å²) >= 11 is 0. The van der Waals surface area contributed by atoms with Gasteiger partial charge in [-0.2, -0.15) is 0 Å². The highest BCUT2D eigenvalue weighted by molar-refractivity contribution is 5.86. The number of benzene rings is 2. The number of carbonyl (C=O) groups excluding carboxylic acids is 1. The molecule has 2 aromatic rings. The topological polar surface area (TPSA) is 75.6 Å². The van der Waals surface area contributed by atoms with Crippen LogP contribution < -0.4 is 5.32 Å². The second kappa shape index (κ2) is 6.82. The summed E-state index contributed by atoms with van der Waals surface area (Å²) in [7, 11) is 0. The molecule has 0 bridgehead atoms. The van der Waals surface area contributed by atoms with Crippen LogP contribution in [-0.4, -0.2) is 29.3 Å². The number of carboxylic acids is 1. The third-order valence-electron chi connectivity index (χ3n) is 5.96. The largest absolute Gasteiger partial charge is 0.479 e. The monoisotopic (exact) mass is 377 g/mol. The number of alkyl carbamates (subject to hydrolysis) is 1. The molecule has 0 aromatic heterocycles. The van der Waals surface area contributed by atoms with E-state index in [1.807, 2.05) is 50.2 Å². The van der Waals surface area contributed by atoms with Crippen LogP contribution in [0, 0.1) is 0 Å². The second-order valence-electron chi connectivity index (χ2n) is 7.75. The van der Waals surface area contributed by atoms with E-state index in [1.54, 1.807) is 0 Å². The van der Waals surface area contributed by atoms with Gasteiger partial charge in [-0.15, -0.1) is 0 Å². The van der Waals surface area contributed by atoms with E-state index in [0.29, 0.717) is 12.8 Å². The Bertz CT molecular complexity index is 932. The molecule has 0 aliphatic heterocycles. The molecule has 0 saturated heterocycles. The van der Waals surface area contributed by atoms with E-state index in [1.165, 1.54) is 0 Å². The lowest BCUT2D eigenvalue weighted by atomic mass is 9.95. The van der Waals surface area contributed by atoms with Crippen molar-refractivity contribution in [3.8, 4) is 11.1 Å². The van der Waals surface area contributed by atoms with Crippen molar-refractivity contribution in [3.05, 3.63) is 70.8 Å². The molecule has 2 aliphatic carbocycles. The molecule has 1 amide bonds. The Morgan fingerprint density at radius 1 is 1.00 bits per heavy atom. The number of ether oxygens (including phenoxy) is 1. The van der Waals surface area contributed by atoms with Crippen LogP contribution in [0.15, 0.2) is 59.7 Å². The third kappa shape index (κ3) is 2.97. The minimum atomic E-state index is -1.31. The maximum atomic E-state index is 12.5. The van der Waals surface area contributed by atoms with E-state index >= 15 is 0 Å². The predicted octanol–water partition coefficient (Wildman–Crippen LogP) is 4.48. The van der Waals surface area contributed by atoms with Crippen LogP contribution in [0.3, 0.4) is 0 Å². The molecule has 0 spiro atoms. The molecule has 0 heterocycles. The lowest BCUT2D eigenvalue weighted by molar-refractivity contribution is -0.144. The van der Waals surface area contributed by atoms with Crippen LogP contribution in [0.5, 0.6) is 0 Å². The molecule has 2 aromatic carbocycles. The quantitative estimate of drug-likeness (QED) is 0.771. The minimum Gasteiger partial charge on any atom is -0.479 e. The number of hydrogen-bond donors (Lipinski definition) is 2. The number of hydrogen-bond acceptors (Lipinski definition) is 3. The average Bonchev–Trinajstić information content (AvgIpc) is 3.15. The normalized spacial score (nSPS) is 17.2. The summed E-state index contributed by atoms with van der Waals surface area (Å²) in [6.45, 7) is 3.97. The Kier molecular flexibility index (Phi) is 4.46. The zero-order valence-corrected chi connectivity index (χ0v) is 16.0. The molecule has 4 rings (SSSR count). The molecule has 2 aliphatic rings. The lowest BCUT2D eigenvalue weighted by Crippen LogP contribution is -2.53. The van der Waals surface area contributed by atoms with Gasteiger partial charge < -0.3 is 15.2 Å². The fourth-order valence-electron chi connectivity index (χ4n) is 4.39. The van der Waals surface area contributed by atoms with Crippen molar-refractivity contribution in [1.29, 1.82) is 0 Å². The van der Waals surface area contributed by atoms with Crippen molar-refractivity contribution in [1.82, 2.24) is 5.32 Å². The Morgan fingerprint density at radius 2 is 1.50 bits per heavy atom. The van der Waals surface area contributed by atoms with Crippen molar-refractivity contribution in [2.24, 2.45) is 0 Å². The predicted molar refractivity (Wildman–Crippen MR) is 106 cm³/mol. The first-order chi connectivity index (χ1) is 13.4. The summed E-state index contributed by atoms with van der Waals surface area (Å²) in [6.07, 6.45) is -0.0803. The molecular weight excluding hydrogens is 354 g/mol. The van der Waals surface area contributed by atoms with Gasteiger partial charge in [0, 0.05) is 18.8 Å². The van der Waals surface area contributed by atoms with Crippen molar-refractivity contribution in [2.75, 3.05) is 6.61 Å². The lowest BCUT2D eigenvalue weighted by Gasteiger charge is -2.26. The van der Waals surface area contributed by atoms with Crippen LogP contribution in [0.1, 0.15) is 43.7 Å². The van der Waals surface area contributed by atoms with Gasteiger partial charge in [0.2, 0.25) is 0 Å². The molecule has 0 saturated carbocycles. The van der Waals surface area contributed by atoms with E-state index < -0.39 is 17.6 Å². The first-order valence-electron chi connectivity index (χ1n) is 9.43. The maximum Gasteiger partial charge on any atom is 0.408 e. The number of nitrogens with one attached hydrogen (secondary N) is 1. The van der Waals surface area contributed by atoms with Crippen molar-refractivity contribution < 1.29 is 19.4 Å². The zero-order valence-electron chi connectivity index (χ0n) is 16.0. The highest BCUT2D eigenvalue weighted by atomic mass is 16.5. The van der Waals surface area contributed by atoms with Gasteiger partial charge in [0.25, 0.3) is 0 Å². The Morgan fingerprint density at radius 3 is 2.00 bits per heavy atom. The molecule has 0 atom stereocenters. The molecule has 0 fully saturated rings.